The van der Waals surface area contributed by atoms with Crippen LogP contribution in [0.15, 0.2) is 30.6 Å². The molecule has 22 heavy (non-hydrogen) atoms. The van der Waals surface area contributed by atoms with Crippen LogP contribution in [0.25, 0.3) is 0 Å². The number of aryl methyl sites for hydroxylation is 1. The highest BCUT2D eigenvalue weighted by atomic mass is 16.5. The molecule has 0 bridgehead atoms. The minimum Gasteiger partial charge on any atom is -0.481 e. The lowest BCUT2D eigenvalue weighted by Gasteiger charge is -2.32. The van der Waals surface area contributed by atoms with E-state index in [1.54, 1.807) is 25.6 Å². The zero-order valence-electron chi connectivity index (χ0n) is 12.9. The van der Waals surface area contributed by atoms with Crippen molar-refractivity contribution in [2.24, 2.45) is 0 Å². The summed E-state index contributed by atoms with van der Waals surface area (Å²) in [5, 5.41) is 0. The zero-order chi connectivity index (χ0) is 15.4. The van der Waals surface area contributed by atoms with E-state index in [2.05, 4.69) is 19.9 Å². The molecule has 0 amide bonds. The second kappa shape index (κ2) is 6.60. The molecule has 6 nitrogen and oxygen atoms in total. The molecule has 0 radical (unpaired) electrons. The molecule has 0 N–H and O–H groups in total. The molecule has 116 valence electrons. The van der Waals surface area contributed by atoms with Crippen molar-refractivity contribution in [1.29, 1.82) is 0 Å². The van der Waals surface area contributed by atoms with Crippen molar-refractivity contribution >= 4 is 5.95 Å². The minimum atomic E-state index is 0.190. The van der Waals surface area contributed by atoms with Gasteiger partial charge in [-0.15, -0.1) is 0 Å². The first-order valence-electron chi connectivity index (χ1n) is 7.46. The number of hydrogen-bond acceptors (Lipinski definition) is 6. The van der Waals surface area contributed by atoms with Gasteiger partial charge in [-0.05, 0) is 13.0 Å². The number of hydrogen-bond donors (Lipinski definition) is 0. The smallest absolute Gasteiger partial charge is 0.228 e. The van der Waals surface area contributed by atoms with Crippen molar-refractivity contribution in [2.75, 3.05) is 25.1 Å². The van der Waals surface area contributed by atoms with E-state index in [0.29, 0.717) is 11.8 Å². The predicted molar refractivity (Wildman–Crippen MR) is 83.4 cm³/mol. The molecule has 0 aromatic carbocycles. The van der Waals surface area contributed by atoms with Gasteiger partial charge in [0.05, 0.1) is 7.11 Å². The largest absolute Gasteiger partial charge is 0.481 e. The van der Waals surface area contributed by atoms with Crippen LogP contribution < -0.4 is 14.4 Å². The van der Waals surface area contributed by atoms with E-state index in [0.717, 1.165) is 37.4 Å². The van der Waals surface area contributed by atoms with Gasteiger partial charge in [0, 0.05) is 50.0 Å². The molecule has 1 aliphatic heterocycles. The molecule has 3 rings (SSSR count). The van der Waals surface area contributed by atoms with E-state index in [1.807, 2.05) is 19.1 Å². The van der Waals surface area contributed by atoms with Gasteiger partial charge < -0.3 is 14.4 Å². The molecule has 2 aromatic rings. The van der Waals surface area contributed by atoms with Crippen molar-refractivity contribution in [2.45, 2.75) is 25.9 Å². The Bertz CT molecular complexity index is 627. The molecule has 0 unspecified atom stereocenters. The Morgan fingerprint density at radius 3 is 2.68 bits per heavy atom. The maximum absolute atomic E-state index is 6.01. The summed E-state index contributed by atoms with van der Waals surface area (Å²) in [6.45, 7) is 3.75. The Balaban J connectivity index is 1.59. The van der Waals surface area contributed by atoms with Crippen molar-refractivity contribution < 1.29 is 9.47 Å². The van der Waals surface area contributed by atoms with Gasteiger partial charge in [-0.1, -0.05) is 6.07 Å². The fraction of sp³-hybridized carbons (Fsp3) is 0.438. The van der Waals surface area contributed by atoms with Gasteiger partial charge in [0.15, 0.2) is 0 Å². The second-order valence-electron chi connectivity index (χ2n) is 5.33. The highest BCUT2D eigenvalue weighted by molar-refractivity contribution is 5.32. The topological polar surface area (TPSA) is 60.4 Å². The average Bonchev–Trinajstić information content (AvgIpc) is 2.58. The quantitative estimate of drug-likeness (QED) is 0.863. The standard InChI is InChI=1S/C16H20N4O2/c1-12-4-3-8-17-15(12)22-13-6-10-20(11-7-13)16-18-9-5-14(19-16)21-2/h3-5,8-9,13H,6-7,10-11H2,1-2H3. The normalized spacial score (nSPS) is 15.6. The van der Waals surface area contributed by atoms with Gasteiger partial charge in [-0.3, -0.25) is 0 Å². The van der Waals surface area contributed by atoms with Crippen LogP contribution in [-0.2, 0) is 0 Å². The van der Waals surface area contributed by atoms with Crippen molar-refractivity contribution in [1.82, 2.24) is 15.0 Å². The summed E-state index contributed by atoms with van der Waals surface area (Å²) in [5.41, 5.74) is 1.07. The Kier molecular flexibility index (Phi) is 4.37. The first-order valence-corrected chi connectivity index (χ1v) is 7.46. The van der Waals surface area contributed by atoms with Crippen LogP contribution in [0, 0.1) is 6.92 Å². The van der Waals surface area contributed by atoms with Crippen LogP contribution in [0.2, 0.25) is 0 Å². The van der Waals surface area contributed by atoms with Crippen LogP contribution in [0.1, 0.15) is 18.4 Å². The third kappa shape index (κ3) is 3.27. The summed E-state index contributed by atoms with van der Waals surface area (Å²) < 4.78 is 11.2. The van der Waals surface area contributed by atoms with Crippen molar-refractivity contribution in [3.8, 4) is 11.8 Å². The fourth-order valence-corrected chi connectivity index (χ4v) is 2.52. The van der Waals surface area contributed by atoms with Crippen LogP contribution in [0.4, 0.5) is 5.95 Å². The molecule has 0 spiro atoms. The van der Waals surface area contributed by atoms with E-state index in [-0.39, 0.29) is 6.10 Å². The Morgan fingerprint density at radius 1 is 1.14 bits per heavy atom. The molecular formula is C16H20N4O2. The Hall–Kier alpha value is -2.37. The average molecular weight is 300 g/mol. The minimum absolute atomic E-state index is 0.190. The van der Waals surface area contributed by atoms with E-state index >= 15 is 0 Å². The summed E-state index contributed by atoms with van der Waals surface area (Å²) in [6.07, 6.45) is 5.53. The number of piperidine rings is 1. The number of anilines is 1. The van der Waals surface area contributed by atoms with Crippen molar-refractivity contribution in [3.05, 3.63) is 36.2 Å². The molecule has 1 fully saturated rings. The molecule has 0 atom stereocenters. The summed E-state index contributed by atoms with van der Waals surface area (Å²) in [6, 6.07) is 5.69. The Labute approximate surface area is 130 Å². The molecule has 3 heterocycles. The van der Waals surface area contributed by atoms with Crippen molar-refractivity contribution in [3.63, 3.8) is 0 Å². The van der Waals surface area contributed by atoms with Crippen LogP contribution in [0.5, 0.6) is 11.8 Å². The van der Waals surface area contributed by atoms with Gasteiger partial charge >= 0.3 is 0 Å². The maximum Gasteiger partial charge on any atom is 0.228 e. The molecule has 6 heteroatoms. The molecule has 1 aliphatic rings. The summed E-state index contributed by atoms with van der Waals surface area (Å²) in [4.78, 5) is 15.1. The summed E-state index contributed by atoms with van der Waals surface area (Å²) in [7, 11) is 1.61. The molecule has 0 saturated carbocycles. The van der Waals surface area contributed by atoms with E-state index < -0.39 is 0 Å². The number of methoxy groups -OCH3 is 1. The maximum atomic E-state index is 6.01. The zero-order valence-corrected chi connectivity index (χ0v) is 12.9. The molecule has 2 aromatic heterocycles. The van der Waals surface area contributed by atoms with E-state index in [4.69, 9.17) is 9.47 Å². The lowest BCUT2D eigenvalue weighted by Crippen LogP contribution is -2.39. The predicted octanol–water partition coefficient (Wildman–Crippen LogP) is 2.24. The highest BCUT2D eigenvalue weighted by Crippen LogP contribution is 2.22. The first kappa shape index (κ1) is 14.6. The number of rotatable bonds is 4. The van der Waals surface area contributed by atoms with Gasteiger partial charge in [-0.2, -0.15) is 4.98 Å². The Morgan fingerprint density at radius 2 is 1.95 bits per heavy atom. The summed E-state index contributed by atoms with van der Waals surface area (Å²) in [5.74, 6) is 2.04. The molecule has 0 aliphatic carbocycles. The lowest BCUT2D eigenvalue weighted by atomic mass is 10.1. The van der Waals surface area contributed by atoms with E-state index in [1.165, 1.54) is 0 Å². The monoisotopic (exact) mass is 300 g/mol. The number of aromatic nitrogens is 3. The van der Waals surface area contributed by atoms with Crippen LogP contribution >= 0.6 is 0 Å². The SMILES string of the molecule is COc1ccnc(N2CCC(Oc3ncccc3C)CC2)n1. The van der Waals surface area contributed by atoms with Gasteiger partial charge in [-0.25, -0.2) is 9.97 Å². The van der Waals surface area contributed by atoms with Crippen LogP contribution in [0.3, 0.4) is 0 Å². The number of pyridine rings is 1. The molecule has 1 saturated heterocycles. The summed E-state index contributed by atoms with van der Waals surface area (Å²) >= 11 is 0. The number of nitrogens with zero attached hydrogens (tertiary/aromatic N) is 4. The second-order valence-corrected chi connectivity index (χ2v) is 5.33. The van der Waals surface area contributed by atoms with Crippen LogP contribution in [-0.4, -0.2) is 41.3 Å². The fourth-order valence-electron chi connectivity index (χ4n) is 2.52. The van der Waals surface area contributed by atoms with Gasteiger partial charge in [0.2, 0.25) is 17.7 Å². The van der Waals surface area contributed by atoms with Gasteiger partial charge in [0.25, 0.3) is 0 Å². The molecular weight excluding hydrogens is 280 g/mol. The van der Waals surface area contributed by atoms with Gasteiger partial charge in [0.1, 0.15) is 6.10 Å². The first-order chi connectivity index (χ1) is 10.8. The highest BCUT2D eigenvalue weighted by Gasteiger charge is 2.23. The number of ether oxygens (including phenoxy) is 2. The third-order valence-corrected chi connectivity index (χ3v) is 3.79. The lowest BCUT2D eigenvalue weighted by molar-refractivity contribution is 0.162. The van der Waals surface area contributed by atoms with E-state index in [9.17, 15) is 0 Å². The third-order valence-electron chi connectivity index (χ3n) is 3.79.